The topological polar surface area (TPSA) is 69.0 Å². The average molecular weight is 360 g/mol. The van der Waals surface area contributed by atoms with Crippen LogP contribution in [0.15, 0.2) is 42.1 Å². The van der Waals surface area contributed by atoms with Crippen molar-refractivity contribution in [2.45, 2.75) is 37.2 Å². The highest BCUT2D eigenvalue weighted by molar-refractivity contribution is 8.00. The van der Waals surface area contributed by atoms with Gasteiger partial charge in [-0.3, -0.25) is 9.36 Å². The number of rotatable bonds is 9. The maximum Gasteiger partial charge on any atom is 0.233 e. The highest BCUT2D eigenvalue weighted by Crippen LogP contribution is 2.28. The molecule has 0 fully saturated rings. The Kier molecular flexibility index (Phi) is 7.06. The molecule has 0 aliphatic rings. The Hall–Kier alpha value is -2.28. The summed E-state index contributed by atoms with van der Waals surface area (Å²) in [5.74, 6) is 1.53. The second-order valence-electron chi connectivity index (χ2n) is 5.49. The number of carbonyl (C=O) groups excluding carboxylic acids is 1. The summed E-state index contributed by atoms with van der Waals surface area (Å²) in [6, 6.07) is 7.65. The lowest BCUT2D eigenvalue weighted by Crippen LogP contribution is -2.31. The van der Waals surface area contributed by atoms with E-state index in [0.717, 1.165) is 23.6 Å². The van der Waals surface area contributed by atoms with E-state index in [2.05, 4.69) is 22.1 Å². The van der Waals surface area contributed by atoms with Crippen LogP contribution in [0.3, 0.4) is 0 Å². The lowest BCUT2D eigenvalue weighted by molar-refractivity contribution is -0.120. The maximum atomic E-state index is 12.1. The third kappa shape index (κ3) is 4.85. The number of hydrogen-bond acceptors (Lipinski definition) is 5. The summed E-state index contributed by atoms with van der Waals surface area (Å²) < 4.78 is 7.15. The average Bonchev–Trinajstić information content (AvgIpc) is 3.02. The zero-order chi connectivity index (χ0) is 18.2. The third-order valence-corrected chi connectivity index (χ3v) is 4.66. The van der Waals surface area contributed by atoms with Crippen LogP contribution in [-0.4, -0.2) is 39.6 Å². The van der Waals surface area contributed by atoms with Gasteiger partial charge < -0.3 is 10.1 Å². The highest BCUT2D eigenvalue weighted by atomic mass is 32.2. The fourth-order valence-electron chi connectivity index (χ4n) is 2.23. The van der Waals surface area contributed by atoms with Crippen molar-refractivity contribution in [2.75, 3.05) is 13.7 Å². The second kappa shape index (κ2) is 9.27. The SMILES string of the molecule is C=CCn1c(SC(C)C(=O)NCCC)nnc1-c1ccc(OC)cc1. The third-order valence-electron chi connectivity index (χ3n) is 3.58. The summed E-state index contributed by atoms with van der Waals surface area (Å²) in [4.78, 5) is 12.1. The molecule has 25 heavy (non-hydrogen) atoms. The molecule has 1 heterocycles. The Morgan fingerprint density at radius 3 is 2.72 bits per heavy atom. The number of allylic oxidation sites excluding steroid dienone is 1. The van der Waals surface area contributed by atoms with E-state index in [0.29, 0.717) is 18.2 Å². The van der Waals surface area contributed by atoms with Crippen LogP contribution in [0.4, 0.5) is 0 Å². The number of nitrogens with zero attached hydrogens (tertiary/aromatic N) is 3. The van der Waals surface area contributed by atoms with Gasteiger partial charge in [-0.1, -0.05) is 24.8 Å². The van der Waals surface area contributed by atoms with Gasteiger partial charge >= 0.3 is 0 Å². The van der Waals surface area contributed by atoms with Gasteiger partial charge in [0.2, 0.25) is 5.91 Å². The van der Waals surface area contributed by atoms with Crippen LogP contribution in [-0.2, 0) is 11.3 Å². The minimum Gasteiger partial charge on any atom is -0.497 e. The number of aromatic nitrogens is 3. The van der Waals surface area contributed by atoms with Crippen LogP contribution in [0, 0.1) is 0 Å². The van der Waals surface area contributed by atoms with Gasteiger partial charge in [0.15, 0.2) is 11.0 Å². The van der Waals surface area contributed by atoms with Crippen LogP contribution in [0.25, 0.3) is 11.4 Å². The van der Waals surface area contributed by atoms with Crippen LogP contribution in [0.1, 0.15) is 20.3 Å². The van der Waals surface area contributed by atoms with Gasteiger partial charge in [-0.2, -0.15) is 0 Å². The number of amides is 1. The van der Waals surface area contributed by atoms with E-state index in [1.54, 1.807) is 13.2 Å². The Balaban J connectivity index is 2.23. The number of hydrogen-bond donors (Lipinski definition) is 1. The molecule has 0 saturated heterocycles. The largest absolute Gasteiger partial charge is 0.497 e. The molecule has 1 aromatic heterocycles. The first-order chi connectivity index (χ1) is 12.1. The Morgan fingerprint density at radius 2 is 2.12 bits per heavy atom. The summed E-state index contributed by atoms with van der Waals surface area (Å²) in [6.45, 7) is 8.96. The van der Waals surface area contributed by atoms with Crippen LogP contribution >= 0.6 is 11.8 Å². The molecule has 0 spiro atoms. The van der Waals surface area contributed by atoms with E-state index in [1.807, 2.05) is 42.7 Å². The predicted molar refractivity (Wildman–Crippen MR) is 101 cm³/mol. The van der Waals surface area contributed by atoms with Crippen molar-refractivity contribution in [3.63, 3.8) is 0 Å². The van der Waals surface area contributed by atoms with Crippen molar-refractivity contribution in [3.8, 4) is 17.1 Å². The van der Waals surface area contributed by atoms with Gasteiger partial charge in [0, 0.05) is 18.7 Å². The van der Waals surface area contributed by atoms with Crippen molar-refractivity contribution >= 4 is 17.7 Å². The van der Waals surface area contributed by atoms with Gasteiger partial charge in [0.1, 0.15) is 5.75 Å². The lowest BCUT2D eigenvalue weighted by atomic mass is 10.2. The van der Waals surface area contributed by atoms with Gasteiger partial charge in [-0.15, -0.1) is 16.8 Å². The molecule has 1 atom stereocenters. The van der Waals surface area contributed by atoms with E-state index in [9.17, 15) is 4.79 Å². The van der Waals surface area contributed by atoms with E-state index in [1.165, 1.54) is 11.8 Å². The molecule has 1 N–H and O–H groups in total. The zero-order valence-corrected chi connectivity index (χ0v) is 15.7. The zero-order valence-electron chi connectivity index (χ0n) is 14.9. The quantitative estimate of drug-likeness (QED) is 0.549. The standard InChI is InChI=1S/C18H24N4O2S/c1-5-11-19-17(23)13(3)25-18-21-20-16(22(18)12-6-2)14-7-9-15(24-4)10-8-14/h6-10,13H,2,5,11-12H2,1,3-4H3,(H,19,23). The Labute approximate surface area is 152 Å². The van der Waals surface area contributed by atoms with E-state index in [4.69, 9.17) is 4.74 Å². The van der Waals surface area contributed by atoms with Crippen molar-refractivity contribution in [1.29, 1.82) is 0 Å². The molecule has 6 nitrogen and oxygen atoms in total. The van der Waals surface area contributed by atoms with Crippen molar-refractivity contribution in [2.24, 2.45) is 0 Å². The molecule has 0 aliphatic heterocycles. The number of ether oxygens (including phenoxy) is 1. The van der Waals surface area contributed by atoms with Gasteiger partial charge in [-0.05, 0) is 37.6 Å². The fourth-order valence-corrected chi connectivity index (χ4v) is 3.11. The molecule has 1 amide bonds. The van der Waals surface area contributed by atoms with E-state index in [-0.39, 0.29) is 11.2 Å². The number of nitrogens with one attached hydrogen (secondary N) is 1. The van der Waals surface area contributed by atoms with E-state index >= 15 is 0 Å². The highest BCUT2D eigenvalue weighted by Gasteiger charge is 2.20. The molecule has 134 valence electrons. The smallest absolute Gasteiger partial charge is 0.233 e. The van der Waals surface area contributed by atoms with Gasteiger partial charge in [0.05, 0.1) is 12.4 Å². The second-order valence-corrected chi connectivity index (χ2v) is 6.79. The molecule has 2 aromatic rings. The predicted octanol–water partition coefficient (Wildman–Crippen LogP) is 3.15. The molecule has 0 bridgehead atoms. The normalized spacial score (nSPS) is 11.8. The molecule has 2 rings (SSSR count). The molecule has 0 saturated carbocycles. The fraction of sp³-hybridized carbons (Fsp3) is 0.389. The molecule has 1 unspecified atom stereocenters. The maximum absolute atomic E-state index is 12.1. The summed E-state index contributed by atoms with van der Waals surface area (Å²) in [5.41, 5.74) is 0.935. The first-order valence-electron chi connectivity index (χ1n) is 8.23. The molecular formula is C18H24N4O2S. The minimum absolute atomic E-state index is 0.00556. The van der Waals surface area contributed by atoms with Crippen LogP contribution in [0.5, 0.6) is 5.75 Å². The molecule has 0 radical (unpaired) electrons. The van der Waals surface area contributed by atoms with Crippen molar-refractivity contribution in [1.82, 2.24) is 20.1 Å². The van der Waals surface area contributed by atoms with Crippen LogP contribution in [0.2, 0.25) is 0 Å². The van der Waals surface area contributed by atoms with Crippen LogP contribution < -0.4 is 10.1 Å². The number of methoxy groups -OCH3 is 1. The number of thioether (sulfide) groups is 1. The van der Waals surface area contributed by atoms with Gasteiger partial charge in [-0.25, -0.2) is 0 Å². The molecule has 1 aromatic carbocycles. The Bertz CT molecular complexity index is 712. The molecule has 7 heteroatoms. The molecular weight excluding hydrogens is 336 g/mol. The monoisotopic (exact) mass is 360 g/mol. The summed E-state index contributed by atoms with van der Waals surface area (Å²) in [6.07, 6.45) is 2.71. The van der Waals surface area contributed by atoms with Gasteiger partial charge in [0.25, 0.3) is 0 Å². The summed E-state index contributed by atoms with van der Waals surface area (Å²) in [5, 5.41) is 11.9. The van der Waals surface area contributed by atoms with E-state index < -0.39 is 0 Å². The summed E-state index contributed by atoms with van der Waals surface area (Å²) in [7, 11) is 1.63. The minimum atomic E-state index is -0.247. The number of benzene rings is 1. The van der Waals surface area contributed by atoms with Crippen molar-refractivity contribution in [3.05, 3.63) is 36.9 Å². The van der Waals surface area contributed by atoms with Crippen molar-refractivity contribution < 1.29 is 9.53 Å². The lowest BCUT2D eigenvalue weighted by Gasteiger charge is -2.12. The number of carbonyl (C=O) groups is 1. The Morgan fingerprint density at radius 1 is 1.40 bits per heavy atom. The summed E-state index contributed by atoms with van der Waals surface area (Å²) >= 11 is 1.40. The molecule has 0 aliphatic carbocycles. The first kappa shape index (κ1) is 19.1. The first-order valence-corrected chi connectivity index (χ1v) is 9.11.